The van der Waals surface area contributed by atoms with Gasteiger partial charge in [0, 0.05) is 17.5 Å². The quantitative estimate of drug-likeness (QED) is 0.804. The lowest BCUT2D eigenvalue weighted by molar-refractivity contribution is -0.115. The maximum Gasteiger partial charge on any atom is 0.239 e. The van der Waals surface area contributed by atoms with Gasteiger partial charge in [-0.05, 0) is 18.2 Å². The van der Waals surface area contributed by atoms with Crippen LogP contribution in [0.1, 0.15) is 40.3 Å². The van der Waals surface area contributed by atoms with Crippen LogP contribution < -0.4 is 10.6 Å². The summed E-state index contributed by atoms with van der Waals surface area (Å²) >= 11 is 12.1. The summed E-state index contributed by atoms with van der Waals surface area (Å²) in [5.74, 6) is 0.467. The minimum Gasteiger partial charge on any atom is -0.309 e. The zero-order chi connectivity index (χ0) is 18.8. The summed E-state index contributed by atoms with van der Waals surface area (Å²) < 4.78 is 1.68. The van der Waals surface area contributed by atoms with Crippen molar-refractivity contribution < 1.29 is 4.79 Å². The van der Waals surface area contributed by atoms with E-state index in [1.807, 2.05) is 26.0 Å². The molecule has 0 aliphatic carbocycles. The van der Waals surface area contributed by atoms with Crippen molar-refractivity contribution in [3.8, 4) is 5.69 Å². The summed E-state index contributed by atoms with van der Waals surface area (Å²) in [6.45, 7) is 10.4. The highest BCUT2D eigenvalue weighted by Gasteiger charge is 2.21. The molecule has 0 bridgehead atoms. The summed E-state index contributed by atoms with van der Waals surface area (Å²) in [4.78, 5) is 12.2. The van der Waals surface area contributed by atoms with Gasteiger partial charge in [-0.25, -0.2) is 4.68 Å². The largest absolute Gasteiger partial charge is 0.309 e. The van der Waals surface area contributed by atoms with Gasteiger partial charge in [0.1, 0.15) is 5.82 Å². The van der Waals surface area contributed by atoms with Crippen LogP contribution in [0.3, 0.4) is 0 Å². The smallest absolute Gasteiger partial charge is 0.239 e. The van der Waals surface area contributed by atoms with Crippen LogP contribution in [0, 0.1) is 0 Å². The van der Waals surface area contributed by atoms with E-state index in [2.05, 4.69) is 36.5 Å². The Balaban J connectivity index is 2.38. The molecule has 0 radical (unpaired) electrons. The molecule has 0 saturated carbocycles. The molecule has 0 unspecified atom stereocenters. The van der Waals surface area contributed by atoms with E-state index in [9.17, 15) is 4.79 Å². The molecule has 0 aliphatic heterocycles. The zero-order valence-corrected chi connectivity index (χ0v) is 16.7. The molecule has 1 aromatic carbocycles. The molecule has 0 atom stereocenters. The Hall–Kier alpha value is -1.56. The molecule has 2 rings (SSSR count). The summed E-state index contributed by atoms with van der Waals surface area (Å²) in [6.07, 6.45) is 0. The molecule has 1 aromatic heterocycles. The molecule has 0 spiro atoms. The normalized spacial score (nSPS) is 11.8. The number of carbonyl (C=O) groups excluding carboxylic acids is 1. The van der Waals surface area contributed by atoms with Gasteiger partial charge < -0.3 is 10.6 Å². The predicted octanol–water partition coefficient (Wildman–Crippen LogP) is 4.41. The van der Waals surface area contributed by atoms with Crippen molar-refractivity contribution in [3.63, 3.8) is 0 Å². The standard InChI is InChI=1S/C18H24Cl2N4O/c1-11(2)21-10-17(25)22-16-9-15(18(3,4)5)23-24(16)12-6-7-13(19)14(20)8-12/h6-9,11,21H,10H2,1-5H3,(H,22,25). The molecule has 1 heterocycles. The number of carbonyl (C=O) groups is 1. The third-order valence-electron chi connectivity index (χ3n) is 3.56. The minimum absolute atomic E-state index is 0.129. The van der Waals surface area contributed by atoms with Crippen LogP contribution in [0.5, 0.6) is 0 Å². The molecular weight excluding hydrogens is 359 g/mol. The van der Waals surface area contributed by atoms with Crippen LogP contribution in [0.25, 0.3) is 5.69 Å². The monoisotopic (exact) mass is 382 g/mol. The first-order valence-corrected chi connectivity index (χ1v) is 8.92. The number of nitrogens with one attached hydrogen (secondary N) is 2. The second kappa shape index (κ2) is 7.77. The zero-order valence-electron chi connectivity index (χ0n) is 15.2. The molecular formula is C18H24Cl2N4O. The fourth-order valence-electron chi connectivity index (χ4n) is 2.13. The number of nitrogens with zero attached hydrogens (tertiary/aromatic N) is 2. The van der Waals surface area contributed by atoms with E-state index in [4.69, 9.17) is 23.2 Å². The van der Waals surface area contributed by atoms with Gasteiger partial charge in [-0.2, -0.15) is 5.10 Å². The van der Waals surface area contributed by atoms with Gasteiger partial charge >= 0.3 is 0 Å². The van der Waals surface area contributed by atoms with Crippen molar-refractivity contribution in [2.75, 3.05) is 11.9 Å². The lowest BCUT2D eigenvalue weighted by atomic mass is 9.92. The molecule has 1 amide bonds. The Labute approximate surface area is 158 Å². The molecule has 136 valence electrons. The minimum atomic E-state index is -0.156. The van der Waals surface area contributed by atoms with E-state index in [0.717, 1.165) is 11.4 Å². The van der Waals surface area contributed by atoms with E-state index in [-0.39, 0.29) is 23.9 Å². The highest BCUT2D eigenvalue weighted by atomic mass is 35.5. The fraction of sp³-hybridized carbons (Fsp3) is 0.444. The number of anilines is 1. The Morgan fingerprint density at radius 1 is 1.20 bits per heavy atom. The second-order valence-corrected chi connectivity index (χ2v) is 8.07. The van der Waals surface area contributed by atoms with E-state index in [0.29, 0.717) is 15.9 Å². The van der Waals surface area contributed by atoms with Crippen molar-refractivity contribution >= 4 is 34.9 Å². The van der Waals surface area contributed by atoms with E-state index in [1.165, 1.54) is 0 Å². The molecule has 5 nitrogen and oxygen atoms in total. The van der Waals surface area contributed by atoms with Crippen LogP contribution in [0.4, 0.5) is 5.82 Å². The molecule has 0 saturated heterocycles. The van der Waals surface area contributed by atoms with Gasteiger partial charge in [-0.15, -0.1) is 0 Å². The SMILES string of the molecule is CC(C)NCC(=O)Nc1cc(C(C)(C)C)nn1-c1ccc(Cl)c(Cl)c1. The van der Waals surface area contributed by atoms with Gasteiger partial charge in [0.2, 0.25) is 5.91 Å². The summed E-state index contributed by atoms with van der Waals surface area (Å²) in [5, 5.41) is 11.6. The maximum atomic E-state index is 12.2. The Bertz CT molecular complexity index is 763. The van der Waals surface area contributed by atoms with Crippen LogP contribution in [0.2, 0.25) is 10.0 Å². The number of hydrogen-bond donors (Lipinski definition) is 2. The number of benzene rings is 1. The van der Waals surface area contributed by atoms with Crippen LogP contribution in [0.15, 0.2) is 24.3 Å². The summed E-state index contributed by atoms with van der Waals surface area (Å²) in [6, 6.07) is 7.37. The highest BCUT2D eigenvalue weighted by Crippen LogP contribution is 2.29. The van der Waals surface area contributed by atoms with E-state index >= 15 is 0 Å². The first kappa shape index (κ1) is 19.8. The predicted molar refractivity (Wildman–Crippen MR) is 104 cm³/mol. The molecule has 2 aromatic rings. The molecule has 2 N–H and O–H groups in total. The average Bonchev–Trinajstić information content (AvgIpc) is 2.92. The molecule has 0 fully saturated rings. The second-order valence-electron chi connectivity index (χ2n) is 7.26. The Kier molecular flexibility index (Phi) is 6.14. The van der Waals surface area contributed by atoms with Crippen LogP contribution >= 0.6 is 23.2 Å². The topological polar surface area (TPSA) is 59.0 Å². The van der Waals surface area contributed by atoms with Crippen molar-refractivity contribution in [2.24, 2.45) is 0 Å². The Morgan fingerprint density at radius 3 is 2.44 bits per heavy atom. The van der Waals surface area contributed by atoms with Gasteiger partial charge in [0.15, 0.2) is 0 Å². The fourth-order valence-corrected chi connectivity index (χ4v) is 2.43. The van der Waals surface area contributed by atoms with E-state index < -0.39 is 0 Å². The maximum absolute atomic E-state index is 12.2. The van der Waals surface area contributed by atoms with Crippen molar-refractivity contribution in [2.45, 2.75) is 46.1 Å². The molecule has 25 heavy (non-hydrogen) atoms. The average molecular weight is 383 g/mol. The number of aromatic nitrogens is 2. The number of hydrogen-bond acceptors (Lipinski definition) is 3. The highest BCUT2D eigenvalue weighted by molar-refractivity contribution is 6.42. The third kappa shape index (κ3) is 5.21. The lowest BCUT2D eigenvalue weighted by Gasteiger charge is -2.14. The van der Waals surface area contributed by atoms with Crippen molar-refractivity contribution in [1.29, 1.82) is 0 Å². The van der Waals surface area contributed by atoms with Gasteiger partial charge in [0.25, 0.3) is 0 Å². The third-order valence-corrected chi connectivity index (χ3v) is 4.30. The van der Waals surface area contributed by atoms with Crippen LogP contribution in [-0.2, 0) is 10.2 Å². The van der Waals surface area contributed by atoms with E-state index in [1.54, 1.807) is 16.8 Å². The van der Waals surface area contributed by atoms with Crippen molar-refractivity contribution in [1.82, 2.24) is 15.1 Å². The van der Waals surface area contributed by atoms with Gasteiger partial charge in [0.05, 0.1) is 28.0 Å². The van der Waals surface area contributed by atoms with Crippen LogP contribution in [-0.4, -0.2) is 28.3 Å². The first-order valence-electron chi connectivity index (χ1n) is 8.17. The molecule has 7 heteroatoms. The number of rotatable bonds is 5. The summed E-state index contributed by atoms with van der Waals surface area (Å²) in [5.41, 5.74) is 1.44. The lowest BCUT2D eigenvalue weighted by Crippen LogP contribution is -2.33. The molecule has 0 aliphatic rings. The summed E-state index contributed by atoms with van der Waals surface area (Å²) in [7, 11) is 0. The van der Waals surface area contributed by atoms with Gasteiger partial charge in [-0.1, -0.05) is 57.8 Å². The number of halogens is 2. The van der Waals surface area contributed by atoms with Crippen molar-refractivity contribution in [3.05, 3.63) is 40.0 Å². The van der Waals surface area contributed by atoms with Gasteiger partial charge in [-0.3, -0.25) is 4.79 Å². The first-order chi connectivity index (χ1) is 11.6. The Morgan fingerprint density at radius 2 is 1.88 bits per heavy atom. The number of amides is 1.